The molecule has 0 bridgehead atoms. The van der Waals surface area contributed by atoms with E-state index in [1.54, 1.807) is 25.1 Å². The second-order valence-corrected chi connectivity index (χ2v) is 7.97. The van der Waals surface area contributed by atoms with Crippen molar-refractivity contribution in [3.05, 3.63) is 59.2 Å². The number of benzene rings is 2. The lowest BCUT2D eigenvalue weighted by Gasteiger charge is -2.38. The molecule has 1 aliphatic heterocycles. The van der Waals surface area contributed by atoms with Gasteiger partial charge in [-0.3, -0.25) is 0 Å². The van der Waals surface area contributed by atoms with Crippen LogP contribution in [-0.4, -0.2) is 23.3 Å². The molecule has 0 spiro atoms. The molecule has 0 saturated carbocycles. The first-order valence-corrected chi connectivity index (χ1v) is 9.82. The molecule has 0 fully saturated rings. The highest BCUT2D eigenvalue weighted by molar-refractivity contribution is 7.80. The van der Waals surface area contributed by atoms with Gasteiger partial charge in [-0.2, -0.15) is 0 Å². The number of fused-ring (bicyclic) bond motifs is 1. The zero-order valence-corrected chi connectivity index (χ0v) is 17.5. The zero-order valence-electron chi connectivity index (χ0n) is 16.7. The van der Waals surface area contributed by atoms with Crippen LogP contribution in [-0.2, 0) is 4.74 Å². The van der Waals surface area contributed by atoms with Crippen molar-refractivity contribution in [2.45, 2.75) is 45.8 Å². The smallest absolute Gasteiger partial charge is 0.338 e. The maximum absolute atomic E-state index is 11.9. The van der Waals surface area contributed by atoms with Crippen molar-refractivity contribution in [3.8, 4) is 5.75 Å². The molecule has 148 valence electrons. The van der Waals surface area contributed by atoms with E-state index in [1.165, 1.54) is 0 Å². The van der Waals surface area contributed by atoms with E-state index in [0.29, 0.717) is 17.3 Å². The molecule has 5 nitrogen and oxygen atoms in total. The van der Waals surface area contributed by atoms with Crippen LogP contribution in [0.25, 0.3) is 0 Å². The summed E-state index contributed by atoms with van der Waals surface area (Å²) >= 11 is 5.53. The molecule has 1 atom stereocenters. The topological polar surface area (TPSA) is 59.6 Å². The van der Waals surface area contributed by atoms with Gasteiger partial charge in [0.1, 0.15) is 11.4 Å². The van der Waals surface area contributed by atoms with Crippen molar-refractivity contribution in [3.63, 3.8) is 0 Å². The van der Waals surface area contributed by atoms with Gasteiger partial charge in [-0.15, -0.1) is 0 Å². The molecule has 0 aromatic heterocycles. The Morgan fingerprint density at radius 1 is 1.29 bits per heavy atom. The van der Waals surface area contributed by atoms with E-state index >= 15 is 0 Å². The molecule has 2 aromatic carbocycles. The van der Waals surface area contributed by atoms with E-state index in [9.17, 15) is 4.79 Å². The summed E-state index contributed by atoms with van der Waals surface area (Å²) in [7, 11) is 0. The van der Waals surface area contributed by atoms with Gasteiger partial charge in [0.2, 0.25) is 0 Å². The third-order valence-corrected chi connectivity index (χ3v) is 4.78. The third kappa shape index (κ3) is 4.81. The van der Waals surface area contributed by atoms with Crippen LogP contribution in [0, 0.1) is 6.92 Å². The largest absolute Gasteiger partial charge is 0.487 e. The average Bonchev–Trinajstić information content (AvgIpc) is 2.60. The fourth-order valence-electron chi connectivity index (χ4n) is 3.35. The summed E-state index contributed by atoms with van der Waals surface area (Å²) in [4.78, 5) is 11.9. The van der Waals surface area contributed by atoms with Crippen LogP contribution in [0.1, 0.15) is 54.7 Å². The number of nitrogens with one attached hydrogen (secondary N) is 2. The average molecular weight is 399 g/mol. The third-order valence-electron chi connectivity index (χ3n) is 4.56. The number of esters is 1. The number of carbonyl (C=O) groups is 1. The van der Waals surface area contributed by atoms with Crippen LogP contribution in [0.2, 0.25) is 0 Å². The highest BCUT2D eigenvalue weighted by Crippen LogP contribution is 2.39. The summed E-state index contributed by atoms with van der Waals surface area (Å²) in [6.45, 7) is 8.33. The summed E-state index contributed by atoms with van der Waals surface area (Å²) in [6, 6.07) is 13.4. The van der Waals surface area contributed by atoms with Crippen molar-refractivity contribution >= 4 is 29.0 Å². The Bertz CT molecular complexity index is 895. The van der Waals surface area contributed by atoms with Crippen LogP contribution < -0.4 is 15.4 Å². The van der Waals surface area contributed by atoms with Crippen LogP contribution in [0.3, 0.4) is 0 Å². The minimum Gasteiger partial charge on any atom is -0.487 e. The van der Waals surface area contributed by atoms with Crippen molar-refractivity contribution < 1.29 is 14.3 Å². The maximum Gasteiger partial charge on any atom is 0.338 e. The second kappa shape index (κ2) is 8.19. The molecule has 2 aromatic rings. The Morgan fingerprint density at radius 2 is 2.07 bits per heavy atom. The summed E-state index contributed by atoms with van der Waals surface area (Å²) in [5.41, 5.74) is 3.18. The Balaban J connectivity index is 1.73. The second-order valence-electron chi connectivity index (χ2n) is 7.56. The summed E-state index contributed by atoms with van der Waals surface area (Å²) in [5, 5.41) is 7.06. The molecular formula is C22H26N2O3S. The summed E-state index contributed by atoms with van der Waals surface area (Å²) in [6.07, 6.45) is 0.785. The molecule has 0 unspecified atom stereocenters. The molecule has 6 heteroatoms. The molecule has 1 heterocycles. The molecule has 0 radical (unpaired) electrons. The number of aryl methyl sites for hydroxylation is 1. The van der Waals surface area contributed by atoms with Gasteiger partial charge in [-0.05, 0) is 69.7 Å². The minimum absolute atomic E-state index is 0.0348. The first-order chi connectivity index (χ1) is 13.3. The minimum atomic E-state index is -0.347. The van der Waals surface area contributed by atoms with Gasteiger partial charge in [0.15, 0.2) is 5.11 Å². The summed E-state index contributed by atoms with van der Waals surface area (Å²) in [5.74, 6) is 0.543. The van der Waals surface area contributed by atoms with E-state index in [0.717, 1.165) is 29.0 Å². The number of hydrogen-bond acceptors (Lipinski definition) is 4. The fourth-order valence-corrected chi connectivity index (χ4v) is 3.61. The Hall–Kier alpha value is -2.60. The van der Waals surface area contributed by atoms with E-state index in [1.807, 2.05) is 6.07 Å². The predicted octanol–water partition coefficient (Wildman–Crippen LogP) is 4.76. The lowest BCUT2D eigenvalue weighted by Crippen LogP contribution is -2.42. The standard InChI is InChI=1S/C22H26N2O3S/c1-5-26-20(25)15-7-6-8-16(12-15)23-21(28)24-18-13-22(3,4)27-19-11-14(2)9-10-17(18)19/h6-12,18H,5,13H2,1-4H3,(H2,23,24,28)/t18-/m1/s1. The molecule has 2 N–H and O–H groups in total. The van der Waals surface area contributed by atoms with Crippen molar-refractivity contribution in [1.29, 1.82) is 0 Å². The van der Waals surface area contributed by atoms with Crippen molar-refractivity contribution in [2.75, 3.05) is 11.9 Å². The van der Waals surface area contributed by atoms with E-state index in [4.69, 9.17) is 21.7 Å². The van der Waals surface area contributed by atoms with Crippen LogP contribution >= 0.6 is 12.2 Å². The Morgan fingerprint density at radius 3 is 2.82 bits per heavy atom. The zero-order chi connectivity index (χ0) is 20.3. The van der Waals surface area contributed by atoms with Crippen LogP contribution in [0.4, 0.5) is 5.69 Å². The highest BCUT2D eigenvalue weighted by Gasteiger charge is 2.34. The molecule has 0 aliphatic carbocycles. The first kappa shape index (κ1) is 20.1. The molecular weight excluding hydrogens is 372 g/mol. The number of anilines is 1. The van der Waals surface area contributed by atoms with Gasteiger partial charge in [-0.25, -0.2) is 4.79 Å². The summed E-state index contributed by atoms with van der Waals surface area (Å²) < 4.78 is 11.2. The van der Waals surface area contributed by atoms with Gasteiger partial charge < -0.3 is 20.1 Å². The van der Waals surface area contributed by atoms with Gasteiger partial charge in [-0.1, -0.05) is 18.2 Å². The Labute approximate surface area is 171 Å². The quantitative estimate of drug-likeness (QED) is 0.572. The van der Waals surface area contributed by atoms with Crippen LogP contribution in [0.5, 0.6) is 5.75 Å². The van der Waals surface area contributed by atoms with Gasteiger partial charge in [0, 0.05) is 17.7 Å². The lowest BCUT2D eigenvalue weighted by molar-refractivity contribution is 0.0526. The van der Waals surface area contributed by atoms with Crippen molar-refractivity contribution in [2.24, 2.45) is 0 Å². The SMILES string of the molecule is CCOC(=O)c1cccc(NC(=S)N[C@@H]2CC(C)(C)Oc3cc(C)ccc32)c1. The molecule has 1 aliphatic rings. The lowest BCUT2D eigenvalue weighted by atomic mass is 9.89. The van der Waals surface area contributed by atoms with Gasteiger partial charge in [0.05, 0.1) is 18.2 Å². The van der Waals surface area contributed by atoms with Crippen LogP contribution in [0.15, 0.2) is 42.5 Å². The van der Waals surface area contributed by atoms with E-state index in [-0.39, 0.29) is 17.6 Å². The number of ether oxygens (including phenoxy) is 2. The molecule has 0 amide bonds. The van der Waals surface area contributed by atoms with E-state index in [2.05, 4.69) is 49.6 Å². The highest BCUT2D eigenvalue weighted by atomic mass is 32.1. The number of thiocarbonyl (C=S) groups is 1. The number of rotatable bonds is 4. The van der Waals surface area contributed by atoms with Gasteiger partial charge >= 0.3 is 5.97 Å². The maximum atomic E-state index is 11.9. The number of carbonyl (C=O) groups excluding carboxylic acids is 1. The Kier molecular flexibility index (Phi) is 5.89. The first-order valence-electron chi connectivity index (χ1n) is 9.41. The monoisotopic (exact) mass is 398 g/mol. The van der Waals surface area contributed by atoms with Crippen molar-refractivity contribution in [1.82, 2.24) is 5.32 Å². The fraction of sp³-hybridized carbons (Fsp3) is 0.364. The van der Waals surface area contributed by atoms with E-state index < -0.39 is 0 Å². The number of hydrogen-bond donors (Lipinski definition) is 2. The molecule has 28 heavy (non-hydrogen) atoms. The molecule has 3 rings (SSSR count). The molecule has 0 saturated heterocycles. The predicted molar refractivity (Wildman–Crippen MR) is 115 cm³/mol. The normalized spacial score (nSPS) is 17.1. The van der Waals surface area contributed by atoms with Gasteiger partial charge in [0.25, 0.3) is 0 Å².